The number of aromatic nitrogens is 2. The second kappa shape index (κ2) is 11.3. The van der Waals surface area contributed by atoms with Crippen LogP contribution in [-0.2, 0) is 16.1 Å². The normalized spacial score (nSPS) is 14.1. The van der Waals surface area contributed by atoms with Gasteiger partial charge in [0.15, 0.2) is 5.16 Å². The van der Waals surface area contributed by atoms with Gasteiger partial charge in [0.1, 0.15) is 0 Å². The molecule has 1 N–H and O–H groups in total. The zero-order valence-corrected chi connectivity index (χ0v) is 20.1. The van der Waals surface area contributed by atoms with Crippen molar-refractivity contribution in [2.45, 2.75) is 56.8 Å². The fourth-order valence-electron chi connectivity index (χ4n) is 4.29. The van der Waals surface area contributed by atoms with Gasteiger partial charge in [-0.1, -0.05) is 61.4 Å². The van der Waals surface area contributed by atoms with Gasteiger partial charge in [-0.25, -0.2) is 4.98 Å². The van der Waals surface area contributed by atoms with Crippen molar-refractivity contribution in [3.63, 3.8) is 0 Å². The lowest BCUT2D eigenvalue weighted by molar-refractivity contribution is -0.139. The fourth-order valence-corrected chi connectivity index (χ4v) is 5.15. The zero-order chi connectivity index (χ0) is 23.9. The minimum Gasteiger partial charge on any atom is -0.465 e. The van der Waals surface area contributed by atoms with E-state index in [9.17, 15) is 14.4 Å². The Morgan fingerprint density at radius 2 is 1.88 bits per heavy atom. The number of hydrogen-bond donors (Lipinski definition) is 1. The SMILES string of the molecule is CCOC(=O)CSc1nc2cc(C(=O)NCc3ccccc3)ccc2c(=O)n1C1CCCCC1. The number of esters is 1. The van der Waals surface area contributed by atoms with E-state index >= 15 is 0 Å². The van der Waals surface area contributed by atoms with Gasteiger partial charge in [-0.15, -0.1) is 0 Å². The highest BCUT2D eigenvalue weighted by Crippen LogP contribution is 2.31. The number of nitrogens with zero attached hydrogens (tertiary/aromatic N) is 2. The van der Waals surface area contributed by atoms with Crippen LogP contribution in [0.3, 0.4) is 0 Å². The summed E-state index contributed by atoms with van der Waals surface area (Å²) in [6.07, 6.45) is 5.13. The van der Waals surface area contributed by atoms with Crippen LogP contribution in [0.25, 0.3) is 10.9 Å². The van der Waals surface area contributed by atoms with E-state index in [2.05, 4.69) is 5.32 Å². The van der Waals surface area contributed by atoms with E-state index in [0.29, 0.717) is 34.8 Å². The van der Waals surface area contributed by atoms with Crippen LogP contribution in [-0.4, -0.2) is 33.8 Å². The second-order valence-corrected chi connectivity index (χ2v) is 9.30. The number of thioether (sulfide) groups is 1. The van der Waals surface area contributed by atoms with Crippen molar-refractivity contribution in [3.8, 4) is 0 Å². The number of carbonyl (C=O) groups excluding carboxylic acids is 2. The molecule has 1 aliphatic rings. The monoisotopic (exact) mass is 479 g/mol. The summed E-state index contributed by atoms with van der Waals surface area (Å²) in [5.41, 5.74) is 1.77. The Balaban J connectivity index is 1.64. The molecule has 0 saturated heterocycles. The quantitative estimate of drug-likeness (QED) is 0.291. The molecular formula is C26H29N3O4S. The number of ether oxygens (including phenoxy) is 1. The van der Waals surface area contributed by atoms with Crippen molar-refractivity contribution in [3.05, 3.63) is 70.0 Å². The molecule has 1 aromatic heterocycles. The average molecular weight is 480 g/mol. The smallest absolute Gasteiger partial charge is 0.316 e. The van der Waals surface area contributed by atoms with Crippen molar-refractivity contribution >= 4 is 34.5 Å². The lowest BCUT2D eigenvalue weighted by Crippen LogP contribution is -2.29. The average Bonchev–Trinajstić information content (AvgIpc) is 2.87. The van der Waals surface area contributed by atoms with Crippen molar-refractivity contribution in [2.75, 3.05) is 12.4 Å². The van der Waals surface area contributed by atoms with Gasteiger partial charge in [0.25, 0.3) is 11.5 Å². The van der Waals surface area contributed by atoms with E-state index in [1.165, 1.54) is 18.2 Å². The minimum absolute atomic E-state index is 0.0664. The maximum Gasteiger partial charge on any atom is 0.316 e. The lowest BCUT2D eigenvalue weighted by Gasteiger charge is -2.26. The predicted octanol–water partition coefficient (Wildman–Crippen LogP) is 4.49. The van der Waals surface area contributed by atoms with E-state index in [-0.39, 0.29) is 29.2 Å². The molecule has 34 heavy (non-hydrogen) atoms. The van der Waals surface area contributed by atoms with Crippen LogP contribution in [0.1, 0.15) is 61.0 Å². The third-order valence-corrected chi connectivity index (χ3v) is 6.92. The molecule has 0 atom stereocenters. The molecule has 1 heterocycles. The number of benzene rings is 2. The van der Waals surface area contributed by atoms with Crippen molar-refractivity contribution in [1.29, 1.82) is 0 Å². The number of rotatable bonds is 8. The largest absolute Gasteiger partial charge is 0.465 e. The maximum atomic E-state index is 13.5. The lowest BCUT2D eigenvalue weighted by atomic mass is 9.95. The van der Waals surface area contributed by atoms with Crippen LogP contribution < -0.4 is 10.9 Å². The van der Waals surface area contributed by atoms with Crippen molar-refractivity contribution in [1.82, 2.24) is 14.9 Å². The van der Waals surface area contributed by atoms with Crippen LogP contribution in [0.2, 0.25) is 0 Å². The summed E-state index contributed by atoms with van der Waals surface area (Å²) < 4.78 is 6.80. The molecule has 8 heteroatoms. The van der Waals surface area contributed by atoms with E-state index in [0.717, 1.165) is 31.2 Å². The molecule has 1 aliphatic carbocycles. The molecule has 178 valence electrons. The summed E-state index contributed by atoms with van der Waals surface area (Å²) in [6, 6.07) is 14.7. The second-order valence-electron chi connectivity index (χ2n) is 8.36. The summed E-state index contributed by atoms with van der Waals surface area (Å²) >= 11 is 1.22. The van der Waals surface area contributed by atoms with Gasteiger partial charge in [0.05, 0.1) is 23.3 Å². The van der Waals surface area contributed by atoms with Gasteiger partial charge in [-0.3, -0.25) is 19.0 Å². The standard InChI is InChI=1S/C26H29N3O4S/c1-2-33-23(30)17-34-26-28-22-15-19(24(31)27-16-18-9-5-3-6-10-18)13-14-21(22)25(32)29(26)20-11-7-4-8-12-20/h3,5-6,9-10,13-15,20H,2,4,7-8,11-12,16-17H2,1H3,(H,27,31). The Bertz CT molecular complexity index is 1220. The summed E-state index contributed by atoms with van der Waals surface area (Å²) in [6.45, 7) is 2.48. The Morgan fingerprint density at radius 3 is 2.62 bits per heavy atom. The molecule has 2 aromatic carbocycles. The summed E-state index contributed by atoms with van der Waals surface area (Å²) in [5.74, 6) is -0.494. The van der Waals surface area contributed by atoms with E-state index in [1.54, 1.807) is 29.7 Å². The van der Waals surface area contributed by atoms with E-state index < -0.39 is 0 Å². The molecule has 1 saturated carbocycles. The highest BCUT2D eigenvalue weighted by Gasteiger charge is 2.23. The first kappa shape index (κ1) is 24.0. The molecule has 0 radical (unpaired) electrons. The number of carbonyl (C=O) groups is 2. The highest BCUT2D eigenvalue weighted by atomic mass is 32.2. The van der Waals surface area contributed by atoms with E-state index in [4.69, 9.17) is 9.72 Å². The van der Waals surface area contributed by atoms with E-state index in [1.807, 2.05) is 30.3 Å². The summed E-state index contributed by atoms with van der Waals surface area (Å²) in [4.78, 5) is 43.0. The molecule has 0 spiro atoms. The molecule has 0 unspecified atom stereocenters. The van der Waals surface area contributed by atoms with Crippen LogP contribution in [0.5, 0.6) is 0 Å². The van der Waals surface area contributed by atoms with Crippen LogP contribution >= 0.6 is 11.8 Å². The van der Waals surface area contributed by atoms with Crippen molar-refractivity contribution < 1.29 is 14.3 Å². The first-order chi connectivity index (χ1) is 16.6. The number of nitrogens with one attached hydrogen (secondary N) is 1. The van der Waals surface area contributed by atoms with Gasteiger partial charge in [-0.05, 0) is 43.5 Å². The van der Waals surface area contributed by atoms with Gasteiger partial charge in [0, 0.05) is 18.2 Å². The molecular weight excluding hydrogens is 450 g/mol. The molecule has 0 aliphatic heterocycles. The predicted molar refractivity (Wildman–Crippen MR) is 133 cm³/mol. The highest BCUT2D eigenvalue weighted by molar-refractivity contribution is 7.99. The zero-order valence-electron chi connectivity index (χ0n) is 19.3. The summed E-state index contributed by atoms with van der Waals surface area (Å²) in [7, 11) is 0. The number of hydrogen-bond acceptors (Lipinski definition) is 6. The topological polar surface area (TPSA) is 90.3 Å². The Morgan fingerprint density at radius 1 is 1.12 bits per heavy atom. The third-order valence-electron chi connectivity index (χ3n) is 5.99. The van der Waals surface area contributed by atoms with Gasteiger partial charge in [-0.2, -0.15) is 0 Å². The van der Waals surface area contributed by atoms with Crippen molar-refractivity contribution in [2.24, 2.45) is 0 Å². The first-order valence-corrected chi connectivity index (χ1v) is 12.7. The summed E-state index contributed by atoms with van der Waals surface area (Å²) in [5, 5.41) is 3.89. The van der Waals surface area contributed by atoms with Gasteiger partial charge >= 0.3 is 5.97 Å². The maximum absolute atomic E-state index is 13.5. The minimum atomic E-state index is -0.342. The molecule has 1 fully saturated rings. The third kappa shape index (κ3) is 5.67. The van der Waals surface area contributed by atoms with Crippen LogP contribution in [0.4, 0.5) is 0 Å². The molecule has 3 aromatic rings. The van der Waals surface area contributed by atoms with Gasteiger partial charge < -0.3 is 10.1 Å². The first-order valence-electron chi connectivity index (χ1n) is 11.7. The number of amides is 1. The van der Waals surface area contributed by atoms with Gasteiger partial charge in [0.2, 0.25) is 0 Å². The molecule has 7 nitrogen and oxygen atoms in total. The fraction of sp³-hybridized carbons (Fsp3) is 0.385. The molecule has 1 amide bonds. The van der Waals surface area contributed by atoms with Crippen LogP contribution in [0.15, 0.2) is 58.5 Å². The van der Waals surface area contributed by atoms with Crippen LogP contribution in [0, 0.1) is 0 Å². The Labute approximate surface area is 202 Å². The molecule has 0 bridgehead atoms. The Kier molecular flexibility index (Phi) is 8.00. The number of fused-ring (bicyclic) bond motifs is 1. The Hall–Kier alpha value is -3.13. The molecule has 4 rings (SSSR count).